The second-order valence-electron chi connectivity index (χ2n) is 6.74. The average molecular weight is 378 g/mol. The molecule has 0 fully saturated rings. The van der Waals surface area contributed by atoms with Gasteiger partial charge in [0.2, 0.25) is 0 Å². The van der Waals surface area contributed by atoms with E-state index in [1.807, 2.05) is 18.2 Å². The Morgan fingerprint density at radius 1 is 0.862 bits per heavy atom. The van der Waals surface area contributed by atoms with E-state index >= 15 is 0 Å². The van der Waals surface area contributed by atoms with Crippen LogP contribution in [-0.4, -0.2) is 30.1 Å². The van der Waals surface area contributed by atoms with Crippen molar-refractivity contribution in [1.82, 2.24) is 30.1 Å². The molecule has 6 aromatic rings. The molecule has 0 unspecified atom stereocenters. The van der Waals surface area contributed by atoms with E-state index in [1.165, 1.54) is 0 Å². The number of hydrogen-bond acceptors (Lipinski definition) is 5. The van der Waals surface area contributed by atoms with Crippen molar-refractivity contribution >= 4 is 21.8 Å². The lowest BCUT2D eigenvalue weighted by molar-refractivity contribution is 0.568. The Bertz CT molecular complexity index is 1450. The van der Waals surface area contributed by atoms with E-state index in [1.54, 1.807) is 37.3 Å². The van der Waals surface area contributed by atoms with E-state index in [2.05, 4.69) is 48.3 Å². The number of H-pyrrole nitrogens is 2. The number of pyridine rings is 1. The van der Waals surface area contributed by atoms with Crippen LogP contribution in [0.2, 0.25) is 0 Å². The summed E-state index contributed by atoms with van der Waals surface area (Å²) < 4.78 is 5.26. The molecule has 0 aliphatic rings. The van der Waals surface area contributed by atoms with Crippen LogP contribution in [0.3, 0.4) is 0 Å². The summed E-state index contributed by atoms with van der Waals surface area (Å²) in [5, 5.41) is 9.69. The first-order valence-corrected chi connectivity index (χ1v) is 9.12. The van der Waals surface area contributed by atoms with Crippen molar-refractivity contribution < 1.29 is 4.42 Å². The minimum Gasteiger partial charge on any atom is -0.472 e. The minimum absolute atomic E-state index is 0.723. The standard InChI is InChI=1S/C22H14N6O/c1-2-14(13-4-7-29-12-13)15-8-19(26-17(15)3-1)22-16-9-18(21-10-23-5-6-24-21)25-11-20(16)27-28-22/h1-12,26H,(H,27,28). The SMILES string of the molecule is c1cc(-c2ccoc2)c2cc(-c3n[nH]c4cnc(-c5cnccn5)cc34)[nH]c2c1. The average Bonchev–Trinajstić information content (AvgIpc) is 3.52. The molecular weight excluding hydrogens is 364 g/mol. The Kier molecular flexibility index (Phi) is 3.33. The maximum atomic E-state index is 5.26. The van der Waals surface area contributed by atoms with Crippen molar-refractivity contribution in [3.8, 4) is 33.9 Å². The van der Waals surface area contributed by atoms with Crippen molar-refractivity contribution in [1.29, 1.82) is 0 Å². The maximum absolute atomic E-state index is 5.26. The van der Waals surface area contributed by atoms with Crippen LogP contribution in [0.15, 0.2) is 78.1 Å². The summed E-state index contributed by atoms with van der Waals surface area (Å²) in [6, 6.07) is 12.2. The van der Waals surface area contributed by atoms with Gasteiger partial charge in [0.25, 0.3) is 0 Å². The largest absolute Gasteiger partial charge is 0.472 e. The number of fused-ring (bicyclic) bond motifs is 2. The van der Waals surface area contributed by atoms with Crippen LogP contribution >= 0.6 is 0 Å². The molecule has 1 aromatic carbocycles. The van der Waals surface area contributed by atoms with Gasteiger partial charge in [0, 0.05) is 34.2 Å². The summed E-state index contributed by atoms with van der Waals surface area (Å²) in [4.78, 5) is 16.4. The first-order valence-electron chi connectivity index (χ1n) is 9.12. The molecule has 0 bridgehead atoms. The van der Waals surface area contributed by atoms with Crippen LogP contribution in [0.4, 0.5) is 0 Å². The fraction of sp³-hybridized carbons (Fsp3) is 0. The molecule has 5 aromatic heterocycles. The van der Waals surface area contributed by atoms with Gasteiger partial charge >= 0.3 is 0 Å². The lowest BCUT2D eigenvalue weighted by atomic mass is 10.0. The molecule has 0 atom stereocenters. The van der Waals surface area contributed by atoms with Crippen LogP contribution in [-0.2, 0) is 0 Å². The zero-order valence-corrected chi connectivity index (χ0v) is 15.1. The van der Waals surface area contributed by atoms with Gasteiger partial charge in [-0.1, -0.05) is 12.1 Å². The minimum atomic E-state index is 0.723. The van der Waals surface area contributed by atoms with Crippen LogP contribution in [0.5, 0.6) is 0 Å². The normalized spacial score (nSPS) is 11.4. The number of aromatic nitrogens is 6. The van der Waals surface area contributed by atoms with E-state index in [0.29, 0.717) is 0 Å². The number of furan rings is 1. The van der Waals surface area contributed by atoms with Gasteiger partial charge in [-0.15, -0.1) is 0 Å². The number of nitrogens with zero attached hydrogens (tertiary/aromatic N) is 4. The fourth-order valence-corrected chi connectivity index (χ4v) is 3.65. The van der Waals surface area contributed by atoms with Gasteiger partial charge in [0.1, 0.15) is 11.4 Å². The number of rotatable bonds is 3. The number of hydrogen-bond donors (Lipinski definition) is 2. The van der Waals surface area contributed by atoms with E-state index in [0.717, 1.165) is 55.7 Å². The summed E-state index contributed by atoms with van der Waals surface area (Å²) >= 11 is 0. The zero-order chi connectivity index (χ0) is 19.2. The molecule has 0 saturated carbocycles. The van der Waals surface area contributed by atoms with Crippen molar-refractivity contribution in [3.63, 3.8) is 0 Å². The number of benzene rings is 1. The third kappa shape index (κ3) is 2.52. The molecule has 5 heterocycles. The molecular formula is C22H14N6O. The highest BCUT2D eigenvalue weighted by molar-refractivity contribution is 6.01. The molecule has 6 rings (SSSR count). The van der Waals surface area contributed by atoms with Gasteiger partial charge in [0.05, 0.1) is 41.8 Å². The molecule has 2 N–H and O–H groups in total. The second kappa shape index (κ2) is 6.13. The fourth-order valence-electron chi connectivity index (χ4n) is 3.65. The van der Waals surface area contributed by atoms with E-state index in [9.17, 15) is 0 Å². The lowest BCUT2D eigenvalue weighted by Crippen LogP contribution is -1.88. The van der Waals surface area contributed by atoms with E-state index in [-0.39, 0.29) is 0 Å². The van der Waals surface area contributed by atoms with E-state index in [4.69, 9.17) is 4.42 Å². The third-order valence-corrected chi connectivity index (χ3v) is 5.02. The predicted molar refractivity (Wildman–Crippen MR) is 110 cm³/mol. The Balaban J connectivity index is 1.53. The summed E-state index contributed by atoms with van der Waals surface area (Å²) in [5.74, 6) is 0. The summed E-state index contributed by atoms with van der Waals surface area (Å²) in [5.41, 5.74) is 7.30. The maximum Gasteiger partial charge on any atom is 0.116 e. The second-order valence-corrected chi connectivity index (χ2v) is 6.74. The first-order chi connectivity index (χ1) is 14.4. The molecule has 0 amide bonds. The lowest BCUT2D eigenvalue weighted by Gasteiger charge is -1.99. The van der Waals surface area contributed by atoms with Crippen molar-refractivity contribution in [2.45, 2.75) is 0 Å². The van der Waals surface area contributed by atoms with Crippen molar-refractivity contribution in [2.24, 2.45) is 0 Å². The first kappa shape index (κ1) is 15.8. The Labute approximate surface area is 164 Å². The summed E-state index contributed by atoms with van der Waals surface area (Å²) in [7, 11) is 0. The molecule has 0 saturated heterocycles. The predicted octanol–water partition coefficient (Wildman–Crippen LogP) is 4.82. The molecule has 0 radical (unpaired) electrons. The highest BCUT2D eigenvalue weighted by Gasteiger charge is 2.15. The Morgan fingerprint density at radius 3 is 2.72 bits per heavy atom. The van der Waals surface area contributed by atoms with Crippen LogP contribution < -0.4 is 0 Å². The summed E-state index contributed by atoms with van der Waals surface area (Å²) in [6.07, 6.45) is 10.2. The monoisotopic (exact) mass is 378 g/mol. The van der Waals surface area contributed by atoms with Gasteiger partial charge in [-0.05, 0) is 29.8 Å². The number of nitrogens with one attached hydrogen (secondary N) is 2. The molecule has 7 nitrogen and oxygen atoms in total. The van der Waals surface area contributed by atoms with Gasteiger partial charge in [-0.3, -0.25) is 20.1 Å². The Morgan fingerprint density at radius 2 is 1.86 bits per heavy atom. The highest BCUT2D eigenvalue weighted by atomic mass is 16.3. The molecule has 0 aliphatic carbocycles. The number of aromatic amines is 2. The molecule has 0 aliphatic heterocycles. The Hall–Kier alpha value is -4.26. The van der Waals surface area contributed by atoms with Crippen LogP contribution in [0, 0.1) is 0 Å². The smallest absolute Gasteiger partial charge is 0.116 e. The molecule has 0 spiro atoms. The van der Waals surface area contributed by atoms with Gasteiger partial charge in [-0.2, -0.15) is 5.10 Å². The van der Waals surface area contributed by atoms with Gasteiger partial charge in [-0.25, -0.2) is 0 Å². The zero-order valence-electron chi connectivity index (χ0n) is 15.1. The molecule has 7 heteroatoms. The molecule has 29 heavy (non-hydrogen) atoms. The van der Waals surface area contributed by atoms with Crippen LogP contribution in [0.25, 0.3) is 55.7 Å². The van der Waals surface area contributed by atoms with Crippen LogP contribution in [0.1, 0.15) is 0 Å². The van der Waals surface area contributed by atoms with Crippen molar-refractivity contribution in [2.75, 3.05) is 0 Å². The quantitative estimate of drug-likeness (QED) is 0.460. The van der Waals surface area contributed by atoms with Crippen molar-refractivity contribution in [3.05, 3.63) is 73.7 Å². The topological polar surface area (TPSA) is 96.3 Å². The highest BCUT2D eigenvalue weighted by Crippen LogP contribution is 2.34. The third-order valence-electron chi connectivity index (χ3n) is 5.02. The summed E-state index contributed by atoms with van der Waals surface area (Å²) in [6.45, 7) is 0. The van der Waals surface area contributed by atoms with Gasteiger partial charge in [0.15, 0.2) is 0 Å². The molecule has 138 valence electrons. The van der Waals surface area contributed by atoms with E-state index < -0.39 is 0 Å². The van der Waals surface area contributed by atoms with Gasteiger partial charge < -0.3 is 9.40 Å².